The maximum atomic E-state index is 13.1. The fourth-order valence-corrected chi connectivity index (χ4v) is 4.08. The van der Waals surface area contributed by atoms with Crippen molar-refractivity contribution in [3.8, 4) is 11.3 Å². The number of hydrogen-bond acceptors (Lipinski definition) is 6. The van der Waals surface area contributed by atoms with Gasteiger partial charge in [-0.05, 0) is 26.3 Å². The summed E-state index contributed by atoms with van der Waals surface area (Å²) in [6.45, 7) is 5.31. The van der Waals surface area contributed by atoms with Crippen molar-refractivity contribution in [2.45, 2.75) is 38.8 Å². The standard InChI is InChI=1S/C24H25N5O3S/c1-24(2,3)32-23(31)25-18(14-16-10-6-4-7-11-16)20(30)26-21-27-22-29(28-21)19(15-33-22)17-12-8-5-9-13-17/h4-13,15,18H,14H2,1-3H3,(H,25,31)(H,26,28,30). The van der Waals surface area contributed by atoms with Crippen molar-refractivity contribution in [3.05, 3.63) is 71.6 Å². The van der Waals surface area contributed by atoms with Crippen molar-refractivity contribution in [3.63, 3.8) is 0 Å². The second-order valence-corrected chi connectivity index (χ2v) is 9.33. The van der Waals surface area contributed by atoms with Gasteiger partial charge in [0.1, 0.15) is 11.6 Å². The Morgan fingerprint density at radius 3 is 2.39 bits per heavy atom. The number of rotatable bonds is 6. The fraction of sp³-hybridized carbons (Fsp3) is 0.250. The van der Waals surface area contributed by atoms with Gasteiger partial charge in [-0.1, -0.05) is 60.7 Å². The molecule has 2 N–H and O–H groups in total. The Bertz CT molecular complexity index is 1250. The first kappa shape index (κ1) is 22.5. The van der Waals surface area contributed by atoms with E-state index in [0.717, 1.165) is 16.8 Å². The first-order chi connectivity index (χ1) is 15.8. The van der Waals surface area contributed by atoms with Crippen LogP contribution in [0.4, 0.5) is 10.7 Å². The molecule has 4 aromatic rings. The van der Waals surface area contributed by atoms with Crippen molar-refractivity contribution < 1.29 is 14.3 Å². The number of benzene rings is 2. The van der Waals surface area contributed by atoms with Crippen LogP contribution in [-0.4, -0.2) is 38.2 Å². The number of nitrogens with zero attached hydrogens (tertiary/aromatic N) is 3. The van der Waals surface area contributed by atoms with Crippen molar-refractivity contribution in [1.82, 2.24) is 19.9 Å². The highest BCUT2D eigenvalue weighted by atomic mass is 32.1. The SMILES string of the molecule is CC(C)(C)OC(=O)NC(Cc1ccccc1)C(=O)Nc1nc2scc(-c3ccccc3)n2n1. The number of amides is 2. The van der Waals surface area contributed by atoms with Crippen LogP contribution in [0.3, 0.4) is 0 Å². The zero-order valence-corrected chi connectivity index (χ0v) is 19.4. The molecule has 0 bridgehead atoms. The molecule has 4 rings (SSSR count). The number of carbonyl (C=O) groups excluding carboxylic acids is 2. The van der Waals surface area contributed by atoms with E-state index in [1.54, 1.807) is 25.3 Å². The molecular formula is C24H25N5O3S. The third-order valence-corrected chi connectivity index (χ3v) is 5.49. The predicted octanol–water partition coefficient (Wildman–Crippen LogP) is 4.53. The first-order valence-corrected chi connectivity index (χ1v) is 11.4. The number of anilines is 1. The number of nitrogens with one attached hydrogen (secondary N) is 2. The molecule has 0 aliphatic carbocycles. The summed E-state index contributed by atoms with van der Waals surface area (Å²) >= 11 is 1.43. The molecule has 33 heavy (non-hydrogen) atoms. The molecule has 1 atom stereocenters. The molecular weight excluding hydrogens is 438 g/mol. The molecule has 9 heteroatoms. The van der Waals surface area contributed by atoms with Crippen LogP contribution in [0.15, 0.2) is 66.0 Å². The summed E-state index contributed by atoms with van der Waals surface area (Å²) in [4.78, 5) is 30.6. The molecule has 8 nitrogen and oxygen atoms in total. The fourth-order valence-electron chi connectivity index (χ4n) is 3.25. The van der Waals surface area contributed by atoms with Gasteiger partial charge in [0, 0.05) is 17.4 Å². The molecule has 0 radical (unpaired) electrons. The zero-order valence-electron chi connectivity index (χ0n) is 18.6. The van der Waals surface area contributed by atoms with Gasteiger partial charge >= 0.3 is 6.09 Å². The summed E-state index contributed by atoms with van der Waals surface area (Å²) < 4.78 is 7.04. The molecule has 0 fully saturated rings. The normalized spacial score (nSPS) is 12.3. The van der Waals surface area contributed by atoms with Crippen LogP contribution in [0.1, 0.15) is 26.3 Å². The maximum Gasteiger partial charge on any atom is 0.408 e. The van der Waals surface area contributed by atoms with E-state index in [1.807, 2.05) is 66.0 Å². The van der Waals surface area contributed by atoms with E-state index in [-0.39, 0.29) is 5.95 Å². The quantitative estimate of drug-likeness (QED) is 0.438. The minimum absolute atomic E-state index is 0.174. The molecule has 1 unspecified atom stereocenters. The summed E-state index contributed by atoms with van der Waals surface area (Å²) in [6, 6.07) is 18.4. The van der Waals surface area contributed by atoms with Crippen molar-refractivity contribution in [1.29, 1.82) is 0 Å². The van der Waals surface area contributed by atoms with Crippen LogP contribution in [-0.2, 0) is 16.0 Å². The van der Waals surface area contributed by atoms with Gasteiger partial charge in [-0.25, -0.2) is 9.31 Å². The van der Waals surface area contributed by atoms with E-state index in [1.165, 1.54) is 11.3 Å². The van der Waals surface area contributed by atoms with Gasteiger partial charge in [0.25, 0.3) is 5.95 Å². The van der Waals surface area contributed by atoms with Crippen LogP contribution in [0.2, 0.25) is 0 Å². The van der Waals surface area contributed by atoms with Gasteiger partial charge in [-0.15, -0.1) is 16.4 Å². The molecule has 2 heterocycles. The number of thiazole rings is 1. The number of alkyl carbamates (subject to hydrolysis) is 1. The molecule has 0 aliphatic rings. The third kappa shape index (κ3) is 5.75. The average Bonchev–Trinajstić information content (AvgIpc) is 3.33. The number of fused-ring (bicyclic) bond motifs is 1. The summed E-state index contributed by atoms with van der Waals surface area (Å²) in [5, 5.41) is 11.8. The predicted molar refractivity (Wildman–Crippen MR) is 128 cm³/mol. The van der Waals surface area contributed by atoms with Crippen LogP contribution in [0.5, 0.6) is 0 Å². The van der Waals surface area contributed by atoms with Crippen LogP contribution < -0.4 is 10.6 Å². The zero-order chi connectivity index (χ0) is 23.4. The van der Waals surface area contributed by atoms with Crippen molar-refractivity contribution in [2.24, 2.45) is 0 Å². The van der Waals surface area contributed by atoms with Crippen LogP contribution in [0.25, 0.3) is 16.2 Å². The Balaban J connectivity index is 1.53. The molecule has 2 aromatic carbocycles. The largest absolute Gasteiger partial charge is 0.444 e. The highest BCUT2D eigenvalue weighted by Gasteiger charge is 2.26. The van der Waals surface area contributed by atoms with Gasteiger partial charge in [-0.3, -0.25) is 10.1 Å². The lowest BCUT2D eigenvalue weighted by molar-refractivity contribution is -0.118. The molecule has 0 aliphatic heterocycles. The highest BCUT2D eigenvalue weighted by molar-refractivity contribution is 7.15. The van der Waals surface area contributed by atoms with E-state index in [4.69, 9.17) is 4.74 Å². The first-order valence-electron chi connectivity index (χ1n) is 10.5. The molecule has 0 spiro atoms. The Hall–Kier alpha value is -3.72. The number of carbonyl (C=O) groups is 2. The van der Waals surface area contributed by atoms with Gasteiger partial charge in [0.05, 0.1) is 5.69 Å². The lowest BCUT2D eigenvalue weighted by Crippen LogP contribution is -2.47. The van der Waals surface area contributed by atoms with E-state index in [2.05, 4.69) is 20.7 Å². The second-order valence-electron chi connectivity index (χ2n) is 8.49. The monoisotopic (exact) mass is 463 g/mol. The molecule has 170 valence electrons. The minimum Gasteiger partial charge on any atom is -0.444 e. The molecule has 0 saturated heterocycles. The topological polar surface area (TPSA) is 97.6 Å². The molecule has 2 amide bonds. The average molecular weight is 464 g/mol. The molecule has 2 aromatic heterocycles. The smallest absolute Gasteiger partial charge is 0.408 e. The summed E-state index contributed by atoms with van der Waals surface area (Å²) in [6.07, 6.45) is -0.368. The highest BCUT2D eigenvalue weighted by Crippen LogP contribution is 2.25. The third-order valence-electron chi connectivity index (χ3n) is 4.68. The van der Waals surface area contributed by atoms with Crippen molar-refractivity contribution >= 4 is 34.2 Å². The Kier molecular flexibility index (Phi) is 6.41. The van der Waals surface area contributed by atoms with Crippen LogP contribution >= 0.6 is 11.3 Å². The maximum absolute atomic E-state index is 13.1. The minimum atomic E-state index is -0.864. The second kappa shape index (κ2) is 9.41. The van der Waals surface area contributed by atoms with Gasteiger partial charge in [-0.2, -0.15) is 4.98 Å². The Labute approximate surface area is 195 Å². The number of hydrogen-bond donors (Lipinski definition) is 2. The summed E-state index contributed by atoms with van der Waals surface area (Å²) in [5.41, 5.74) is 2.11. The van der Waals surface area contributed by atoms with E-state index < -0.39 is 23.6 Å². The lowest BCUT2D eigenvalue weighted by atomic mass is 10.1. The van der Waals surface area contributed by atoms with Gasteiger partial charge in [0.2, 0.25) is 10.9 Å². The van der Waals surface area contributed by atoms with Gasteiger partial charge < -0.3 is 10.1 Å². The van der Waals surface area contributed by atoms with E-state index in [9.17, 15) is 9.59 Å². The van der Waals surface area contributed by atoms with E-state index in [0.29, 0.717) is 11.4 Å². The lowest BCUT2D eigenvalue weighted by Gasteiger charge is -2.23. The van der Waals surface area contributed by atoms with Crippen molar-refractivity contribution in [2.75, 3.05) is 5.32 Å². The van der Waals surface area contributed by atoms with Crippen LogP contribution in [0, 0.1) is 0 Å². The van der Waals surface area contributed by atoms with E-state index >= 15 is 0 Å². The molecule has 0 saturated carbocycles. The number of aromatic nitrogens is 3. The summed E-state index contributed by atoms with van der Waals surface area (Å²) in [7, 11) is 0. The Morgan fingerprint density at radius 2 is 1.73 bits per heavy atom. The number of ether oxygens (including phenoxy) is 1. The Morgan fingerprint density at radius 1 is 1.06 bits per heavy atom. The summed E-state index contributed by atoms with van der Waals surface area (Å²) in [5.74, 6) is -0.252. The van der Waals surface area contributed by atoms with Gasteiger partial charge in [0.15, 0.2) is 0 Å².